The maximum absolute atomic E-state index is 11.2. The Balaban J connectivity index is 2.23. The van der Waals surface area contributed by atoms with Gasteiger partial charge in [-0.15, -0.1) is 0 Å². The van der Waals surface area contributed by atoms with Crippen molar-refractivity contribution in [3.63, 3.8) is 0 Å². The van der Waals surface area contributed by atoms with Gasteiger partial charge in [-0.3, -0.25) is 9.59 Å². The van der Waals surface area contributed by atoms with Crippen LogP contribution in [0.4, 0.5) is 0 Å². The molecule has 1 unspecified atom stereocenters. The summed E-state index contributed by atoms with van der Waals surface area (Å²) in [5.41, 5.74) is 4.87. The second kappa shape index (κ2) is 4.06. The first-order valence-corrected chi connectivity index (χ1v) is 3.99. The van der Waals surface area contributed by atoms with E-state index >= 15 is 0 Å². The Kier molecular flexibility index (Phi) is 3.04. The Bertz CT molecular complexity index is 187. The van der Waals surface area contributed by atoms with E-state index in [1.807, 2.05) is 0 Å². The summed E-state index contributed by atoms with van der Waals surface area (Å²) in [5, 5.41) is 5.46. The van der Waals surface area contributed by atoms with Crippen molar-refractivity contribution < 1.29 is 9.59 Å². The molecule has 68 valence electrons. The molecule has 0 radical (unpaired) electrons. The van der Waals surface area contributed by atoms with Crippen molar-refractivity contribution in [2.45, 2.75) is 18.9 Å². The zero-order valence-corrected chi connectivity index (χ0v) is 6.80. The largest absolute Gasteiger partial charge is 0.368 e. The van der Waals surface area contributed by atoms with E-state index in [4.69, 9.17) is 5.73 Å². The van der Waals surface area contributed by atoms with Crippen molar-refractivity contribution in [3.8, 4) is 0 Å². The average molecular weight is 171 g/mol. The molecule has 12 heavy (non-hydrogen) atoms. The molecule has 1 rings (SSSR count). The molecule has 1 aliphatic heterocycles. The summed E-state index contributed by atoms with van der Waals surface area (Å²) < 4.78 is 0. The third kappa shape index (κ3) is 2.50. The molecular weight excluding hydrogens is 158 g/mol. The van der Waals surface area contributed by atoms with Crippen LogP contribution in [0.15, 0.2) is 0 Å². The van der Waals surface area contributed by atoms with E-state index in [-0.39, 0.29) is 18.5 Å². The first kappa shape index (κ1) is 8.99. The van der Waals surface area contributed by atoms with Gasteiger partial charge in [0.05, 0.1) is 12.6 Å². The highest BCUT2D eigenvalue weighted by atomic mass is 16.2. The van der Waals surface area contributed by atoms with Crippen molar-refractivity contribution in [1.29, 1.82) is 0 Å². The van der Waals surface area contributed by atoms with Crippen LogP contribution in [0.2, 0.25) is 0 Å². The zero-order valence-electron chi connectivity index (χ0n) is 6.80. The van der Waals surface area contributed by atoms with Gasteiger partial charge in [-0.2, -0.15) is 0 Å². The molecule has 0 bridgehead atoms. The molecule has 1 aliphatic rings. The number of amides is 2. The lowest BCUT2D eigenvalue weighted by molar-refractivity contribution is -0.126. The first-order chi connectivity index (χ1) is 5.70. The molecule has 5 heteroatoms. The Morgan fingerprint density at radius 1 is 1.58 bits per heavy atom. The fraction of sp³-hybridized carbons (Fsp3) is 0.714. The SMILES string of the molecule is NC(=O)CNC(=O)C1CCCN1. The maximum atomic E-state index is 11.2. The lowest BCUT2D eigenvalue weighted by Gasteiger charge is -2.08. The van der Waals surface area contributed by atoms with Gasteiger partial charge in [0.25, 0.3) is 0 Å². The summed E-state index contributed by atoms with van der Waals surface area (Å²) in [5.74, 6) is -0.646. The number of carbonyl (C=O) groups excluding carboxylic acids is 2. The van der Waals surface area contributed by atoms with Crippen molar-refractivity contribution in [1.82, 2.24) is 10.6 Å². The van der Waals surface area contributed by atoms with Crippen LogP contribution >= 0.6 is 0 Å². The fourth-order valence-electron chi connectivity index (χ4n) is 1.21. The van der Waals surface area contributed by atoms with Gasteiger partial charge in [0.15, 0.2) is 0 Å². The number of carbonyl (C=O) groups is 2. The predicted molar refractivity (Wildman–Crippen MR) is 43.2 cm³/mol. The molecule has 5 nitrogen and oxygen atoms in total. The Morgan fingerprint density at radius 2 is 2.33 bits per heavy atom. The van der Waals surface area contributed by atoms with Crippen LogP contribution in [0.1, 0.15) is 12.8 Å². The van der Waals surface area contributed by atoms with Gasteiger partial charge < -0.3 is 16.4 Å². The molecule has 1 heterocycles. The topological polar surface area (TPSA) is 84.2 Å². The first-order valence-electron chi connectivity index (χ1n) is 3.99. The van der Waals surface area contributed by atoms with E-state index in [0.29, 0.717) is 0 Å². The van der Waals surface area contributed by atoms with Crippen LogP contribution in [0.5, 0.6) is 0 Å². The monoisotopic (exact) mass is 171 g/mol. The zero-order chi connectivity index (χ0) is 8.97. The van der Waals surface area contributed by atoms with Crippen LogP contribution in [0, 0.1) is 0 Å². The normalized spacial score (nSPS) is 22.2. The minimum Gasteiger partial charge on any atom is -0.368 e. The predicted octanol–water partition coefficient (Wildman–Crippen LogP) is -1.66. The second-order valence-electron chi connectivity index (χ2n) is 2.83. The van der Waals surface area contributed by atoms with Gasteiger partial charge in [-0.05, 0) is 19.4 Å². The molecule has 0 aliphatic carbocycles. The summed E-state index contributed by atoms with van der Waals surface area (Å²) in [6, 6.07) is -0.135. The summed E-state index contributed by atoms with van der Waals surface area (Å²) in [6.07, 6.45) is 1.85. The number of primary amides is 1. The lowest BCUT2D eigenvalue weighted by Crippen LogP contribution is -2.43. The molecule has 1 fully saturated rings. The summed E-state index contributed by atoms with van der Waals surface area (Å²) in [7, 11) is 0. The van der Waals surface area contributed by atoms with Gasteiger partial charge in [-0.1, -0.05) is 0 Å². The van der Waals surface area contributed by atoms with Crippen molar-refractivity contribution in [2.24, 2.45) is 5.73 Å². The minimum atomic E-state index is -0.513. The highest BCUT2D eigenvalue weighted by Crippen LogP contribution is 2.03. The maximum Gasteiger partial charge on any atom is 0.237 e. The molecular formula is C7H13N3O2. The van der Waals surface area contributed by atoms with Gasteiger partial charge in [-0.25, -0.2) is 0 Å². The molecule has 0 saturated carbocycles. The minimum absolute atomic E-state index is 0.0724. The molecule has 1 atom stereocenters. The van der Waals surface area contributed by atoms with Crippen LogP contribution in [0.25, 0.3) is 0 Å². The van der Waals surface area contributed by atoms with E-state index in [2.05, 4.69) is 10.6 Å². The average Bonchev–Trinajstić information content (AvgIpc) is 2.51. The Morgan fingerprint density at radius 3 is 2.83 bits per heavy atom. The molecule has 0 spiro atoms. The van der Waals surface area contributed by atoms with Crippen molar-refractivity contribution in [3.05, 3.63) is 0 Å². The lowest BCUT2D eigenvalue weighted by atomic mass is 10.2. The molecule has 4 N–H and O–H groups in total. The number of hydrogen-bond acceptors (Lipinski definition) is 3. The van der Waals surface area contributed by atoms with Crippen LogP contribution in [-0.4, -0.2) is 30.9 Å². The van der Waals surface area contributed by atoms with Crippen LogP contribution < -0.4 is 16.4 Å². The summed E-state index contributed by atoms with van der Waals surface area (Å²) >= 11 is 0. The Labute approximate surface area is 70.7 Å². The number of hydrogen-bond donors (Lipinski definition) is 3. The highest BCUT2D eigenvalue weighted by molar-refractivity contribution is 5.86. The van der Waals surface area contributed by atoms with E-state index in [9.17, 15) is 9.59 Å². The third-order valence-electron chi connectivity index (χ3n) is 1.81. The van der Waals surface area contributed by atoms with Gasteiger partial charge >= 0.3 is 0 Å². The van der Waals surface area contributed by atoms with Gasteiger partial charge in [0.1, 0.15) is 0 Å². The smallest absolute Gasteiger partial charge is 0.237 e. The number of nitrogens with one attached hydrogen (secondary N) is 2. The van der Waals surface area contributed by atoms with Crippen molar-refractivity contribution in [2.75, 3.05) is 13.1 Å². The number of rotatable bonds is 3. The van der Waals surface area contributed by atoms with E-state index in [1.165, 1.54) is 0 Å². The highest BCUT2D eigenvalue weighted by Gasteiger charge is 2.21. The quantitative estimate of drug-likeness (QED) is 0.475. The summed E-state index contributed by atoms with van der Waals surface area (Å²) in [6.45, 7) is 0.797. The molecule has 2 amide bonds. The number of nitrogens with two attached hydrogens (primary N) is 1. The van der Waals surface area contributed by atoms with Gasteiger partial charge in [0.2, 0.25) is 11.8 Å². The van der Waals surface area contributed by atoms with Crippen molar-refractivity contribution >= 4 is 11.8 Å². The standard InChI is InChI=1S/C7H13N3O2/c8-6(11)4-10-7(12)5-2-1-3-9-5/h5,9H,1-4H2,(H2,8,11)(H,10,12). The van der Waals surface area contributed by atoms with Crippen LogP contribution in [-0.2, 0) is 9.59 Å². The van der Waals surface area contributed by atoms with E-state index in [1.54, 1.807) is 0 Å². The fourth-order valence-corrected chi connectivity index (χ4v) is 1.21. The van der Waals surface area contributed by atoms with E-state index < -0.39 is 5.91 Å². The van der Waals surface area contributed by atoms with Crippen LogP contribution in [0.3, 0.4) is 0 Å². The second-order valence-corrected chi connectivity index (χ2v) is 2.83. The van der Waals surface area contributed by atoms with E-state index in [0.717, 1.165) is 19.4 Å². The molecule has 0 aromatic rings. The Hall–Kier alpha value is -1.10. The molecule has 0 aromatic heterocycles. The third-order valence-corrected chi connectivity index (χ3v) is 1.81. The molecule has 0 aromatic carbocycles. The summed E-state index contributed by atoms with van der Waals surface area (Å²) in [4.78, 5) is 21.5. The molecule has 1 saturated heterocycles. The van der Waals surface area contributed by atoms with Gasteiger partial charge in [0, 0.05) is 0 Å².